The Morgan fingerprint density at radius 3 is 2.50 bits per heavy atom. The van der Waals surface area contributed by atoms with E-state index in [2.05, 4.69) is 9.71 Å². The number of anilines is 1. The van der Waals surface area contributed by atoms with Crippen molar-refractivity contribution in [3.8, 4) is 0 Å². The number of hydrogen-bond donors (Lipinski definition) is 1. The van der Waals surface area contributed by atoms with Crippen molar-refractivity contribution in [2.75, 3.05) is 4.72 Å². The third-order valence-corrected chi connectivity index (χ3v) is 4.86. The molecule has 5 heteroatoms. The van der Waals surface area contributed by atoms with Gasteiger partial charge in [-0.15, -0.1) is 0 Å². The minimum Gasteiger partial charge on any atom is -0.263 e. The maximum Gasteiger partial charge on any atom is 0.263 e. The zero-order chi connectivity index (χ0) is 15.6. The summed E-state index contributed by atoms with van der Waals surface area (Å²) in [5, 5.41) is 1.59. The van der Waals surface area contributed by atoms with Crippen LogP contribution in [0.2, 0.25) is 0 Å². The molecular formula is C17H16N2O2S. The molecule has 1 aromatic heterocycles. The summed E-state index contributed by atoms with van der Waals surface area (Å²) in [6.45, 7) is 1.98. The van der Waals surface area contributed by atoms with Gasteiger partial charge in [-0.3, -0.25) is 4.72 Å². The van der Waals surface area contributed by atoms with Crippen LogP contribution in [0.5, 0.6) is 0 Å². The minimum atomic E-state index is -3.68. The fourth-order valence-corrected chi connectivity index (χ4v) is 3.59. The van der Waals surface area contributed by atoms with E-state index in [1.54, 1.807) is 30.3 Å². The van der Waals surface area contributed by atoms with Crippen LogP contribution in [-0.4, -0.2) is 13.4 Å². The van der Waals surface area contributed by atoms with Crippen LogP contribution >= 0.6 is 0 Å². The fourth-order valence-electron chi connectivity index (χ4n) is 2.36. The first kappa shape index (κ1) is 14.5. The third kappa shape index (κ3) is 2.80. The molecule has 3 rings (SSSR count). The average molecular weight is 312 g/mol. The molecule has 2 aromatic carbocycles. The number of nitrogens with zero attached hydrogens (tertiary/aromatic N) is 1. The predicted molar refractivity (Wildman–Crippen MR) is 88.4 cm³/mol. The Balaban J connectivity index is 2.05. The topological polar surface area (TPSA) is 59.1 Å². The summed E-state index contributed by atoms with van der Waals surface area (Å²) in [6.07, 6.45) is 0.754. The van der Waals surface area contributed by atoms with E-state index in [1.165, 1.54) is 0 Å². The van der Waals surface area contributed by atoms with Crippen molar-refractivity contribution >= 4 is 26.6 Å². The van der Waals surface area contributed by atoms with E-state index < -0.39 is 10.0 Å². The summed E-state index contributed by atoms with van der Waals surface area (Å²) in [6, 6.07) is 18.0. The summed E-state index contributed by atoms with van der Waals surface area (Å²) in [5.41, 5.74) is 0.845. The van der Waals surface area contributed by atoms with E-state index in [1.807, 2.05) is 37.3 Å². The maximum atomic E-state index is 12.7. The van der Waals surface area contributed by atoms with Gasteiger partial charge in [-0.1, -0.05) is 49.4 Å². The molecule has 0 fully saturated rings. The molecule has 22 heavy (non-hydrogen) atoms. The first-order chi connectivity index (χ1) is 10.6. The van der Waals surface area contributed by atoms with Crippen LogP contribution in [0.1, 0.15) is 12.6 Å². The SMILES string of the molecule is CCc1cccc(NS(=O)(=O)c2cccc3ccccc23)n1. The van der Waals surface area contributed by atoms with E-state index in [9.17, 15) is 8.42 Å². The van der Waals surface area contributed by atoms with E-state index in [-0.39, 0.29) is 4.90 Å². The Labute approximate surface area is 129 Å². The summed E-state index contributed by atoms with van der Waals surface area (Å²) in [7, 11) is -3.68. The van der Waals surface area contributed by atoms with Crippen LogP contribution in [0, 0.1) is 0 Å². The molecule has 0 spiro atoms. The van der Waals surface area contributed by atoms with E-state index in [0.717, 1.165) is 17.5 Å². The van der Waals surface area contributed by atoms with Crippen LogP contribution in [0.25, 0.3) is 10.8 Å². The van der Waals surface area contributed by atoms with Gasteiger partial charge in [-0.25, -0.2) is 13.4 Å². The second-order valence-corrected chi connectivity index (χ2v) is 6.60. The first-order valence-electron chi connectivity index (χ1n) is 7.06. The molecule has 0 aliphatic rings. The van der Waals surface area contributed by atoms with Gasteiger partial charge in [0.1, 0.15) is 5.82 Å². The van der Waals surface area contributed by atoms with Crippen LogP contribution in [0.15, 0.2) is 65.6 Å². The second-order valence-electron chi connectivity index (χ2n) is 4.95. The molecule has 112 valence electrons. The summed E-state index contributed by atoms with van der Waals surface area (Å²) in [4.78, 5) is 4.55. The highest BCUT2D eigenvalue weighted by Gasteiger charge is 2.17. The first-order valence-corrected chi connectivity index (χ1v) is 8.55. The summed E-state index contributed by atoms with van der Waals surface area (Å²) >= 11 is 0. The number of aromatic nitrogens is 1. The Morgan fingerprint density at radius 2 is 1.68 bits per heavy atom. The van der Waals surface area contributed by atoms with Crippen molar-refractivity contribution in [3.63, 3.8) is 0 Å². The van der Waals surface area contributed by atoms with Gasteiger partial charge in [0, 0.05) is 11.1 Å². The lowest BCUT2D eigenvalue weighted by atomic mass is 10.1. The summed E-state index contributed by atoms with van der Waals surface area (Å²) in [5.74, 6) is 0.340. The number of sulfonamides is 1. The molecular weight excluding hydrogens is 296 g/mol. The quantitative estimate of drug-likeness (QED) is 0.801. The molecule has 0 saturated heterocycles. The molecule has 0 atom stereocenters. The third-order valence-electron chi connectivity index (χ3n) is 3.45. The Morgan fingerprint density at radius 1 is 0.955 bits per heavy atom. The van der Waals surface area contributed by atoms with Gasteiger partial charge in [0.05, 0.1) is 4.90 Å². The van der Waals surface area contributed by atoms with Crippen molar-refractivity contribution in [2.24, 2.45) is 0 Å². The Kier molecular flexibility index (Phi) is 3.81. The molecule has 0 aliphatic carbocycles. The lowest BCUT2D eigenvalue weighted by Crippen LogP contribution is -2.14. The molecule has 0 amide bonds. The number of hydrogen-bond acceptors (Lipinski definition) is 3. The molecule has 0 radical (unpaired) electrons. The number of nitrogens with one attached hydrogen (secondary N) is 1. The maximum absolute atomic E-state index is 12.7. The van der Waals surface area contributed by atoms with Crippen molar-refractivity contribution < 1.29 is 8.42 Å². The average Bonchev–Trinajstić information content (AvgIpc) is 2.54. The number of aryl methyl sites for hydroxylation is 1. The van der Waals surface area contributed by atoms with Gasteiger partial charge in [0.15, 0.2) is 0 Å². The summed E-state index contributed by atoms with van der Waals surface area (Å²) < 4.78 is 27.9. The van der Waals surface area contributed by atoms with Gasteiger partial charge in [-0.05, 0) is 30.0 Å². The number of pyridine rings is 1. The van der Waals surface area contributed by atoms with Crippen LogP contribution in [-0.2, 0) is 16.4 Å². The normalized spacial score (nSPS) is 11.5. The zero-order valence-corrected chi connectivity index (χ0v) is 13.0. The lowest BCUT2D eigenvalue weighted by molar-refractivity contribution is 0.602. The van der Waals surface area contributed by atoms with Crippen LogP contribution < -0.4 is 4.72 Å². The lowest BCUT2D eigenvalue weighted by Gasteiger charge is -2.10. The van der Waals surface area contributed by atoms with Crippen LogP contribution in [0.4, 0.5) is 5.82 Å². The molecule has 3 aromatic rings. The second kappa shape index (κ2) is 5.77. The van der Waals surface area contributed by atoms with Gasteiger partial charge in [-0.2, -0.15) is 0 Å². The zero-order valence-electron chi connectivity index (χ0n) is 12.2. The van der Waals surface area contributed by atoms with E-state index >= 15 is 0 Å². The van der Waals surface area contributed by atoms with Gasteiger partial charge >= 0.3 is 0 Å². The molecule has 0 unspecified atom stereocenters. The Bertz CT molecular complexity index is 915. The molecule has 1 N–H and O–H groups in total. The molecule has 0 bridgehead atoms. The smallest absolute Gasteiger partial charge is 0.263 e. The van der Waals surface area contributed by atoms with Gasteiger partial charge < -0.3 is 0 Å². The van der Waals surface area contributed by atoms with Crippen LogP contribution in [0.3, 0.4) is 0 Å². The largest absolute Gasteiger partial charge is 0.263 e. The van der Waals surface area contributed by atoms with Crippen molar-refractivity contribution in [1.82, 2.24) is 4.98 Å². The highest BCUT2D eigenvalue weighted by atomic mass is 32.2. The molecule has 4 nitrogen and oxygen atoms in total. The monoisotopic (exact) mass is 312 g/mol. The van der Waals surface area contributed by atoms with Crippen molar-refractivity contribution in [3.05, 3.63) is 66.4 Å². The van der Waals surface area contributed by atoms with Crippen molar-refractivity contribution in [1.29, 1.82) is 0 Å². The molecule has 0 aliphatic heterocycles. The van der Waals surface area contributed by atoms with E-state index in [4.69, 9.17) is 0 Å². The van der Waals surface area contributed by atoms with E-state index in [0.29, 0.717) is 11.2 Å². The molecule has 0 saturated carbocycles. The van der Waals surface area contributed by atoms with Gasteiger partial charge in [0.2, 0.25) is 0 Å². The minimum absolute atomic E-state index is 0.259. The highest BCUT2D eigenvalue weighted by Crippen LogP contribution is 2.24. The highest BCUT2D eigenvalue weighted by molar-refractivity contribution is 7.93. The predicted octanol–water partition coefficient (Wildman–Crippen LogP) is 3.60. The standard InChI is InChI=1S/C17H16N2O2S/c1-2-14-9-6-12-17(18-14)19-22(20,21)16-11-5-8-13-7-3-4-10-15(13)16/h3-12H,2H2,1H3,(H,18,19). The van der Waals surface area contributed by atoms with Gasteiger partial charge in [0.25, 0.3) is 10.0 Å². The number of benzene rings is 2. The van der Waals surface area contributed by atoms with Crippen molar-refractivity contribution in [2.45, 2.75) is 18.2 Å². The Hall–Kier alpha value is -2.40. The number of rotatable bonds is 4. The fraction of sp³-hybridized carbons (Fsp3) is 0.118. The number of fused-ring (bicyclic) bond motifs is 1. The molecule has 1 heterocycles.